The SMILES string of the molecule is CCC1CN=C(Nc2ccc3c(c2)OCO3)S1. The zero-order valence-corrected chi connectivity index (χ0v) is 10.4. The van der Waals surface area contributed by atoms with Gasteiger partial charge in [-0.2, -0.15) is 0 Å². The highest BCUT2D eigenvalue weighted by Gasteiger charge is 2.19. The van der Waals surface area contributed by atoms with Gasteiger partial charge in [-0.05, 0) is 18.6 Å². The molecule has 4 nitrogen and oxygen atoms in total. The van der Waals surface area contributed by atoms with Gasteiger partial charge in [0.15, 0.2) is 16.7 Å². The molecule has 1 aromatic rings. The Morgan fingerprint density at radius 1 is 1.41 bits per heavy atom. The van der Waals surface area contributed by atoms with E-state index in [9.17, 15) is 0 Å². The molecule has 2 heterocycles. The maximum Gasteiger partial charge on any atom is 0.231 e. The molecule has 0 amide bonds. The van der Waals surface area contributed by atoms with Crippen LogP contribution in [0, 0.1) is 0 Å². The molecular weight excluding hydrogens is 236 g/mol. The zero-order valence-electron chi connectivity index (χ0n) is 9.60. The average molecular weight is 250 g/mol. The number of aliphatic imine (C=N–C) groups is 1. The summed E-state index contributed by atoms with van der Waals surface area (Å²) in [6.07, 6.45) is 1.15. The minimum absolute atomic E-state index is 0.312. The van der Waals surface area contributed by atoms with E-state index in [-0.39, 0.29) is 0 Å². The molecule has 3 rings (SSSR count). The molecular formula is C12H14N2O2S. The smallest absolute Gasteiger partial charge is 0.231 e. The number of rotatable bonds is 2. The number of ether oxygens (including phenoxy) is 2. The molecule has 1 N–H and O–H groups in total. The van der Waals surface area contributed by atoms with Gasteiger partial charge < -0.3 is 14.8 Å². The summed E-state index contributed by atoms with van der Waals surface area (Å²) in [5, 5.41) is 4.93. The molecule has 0 saturated carbocycles. The van der Waals surface area contributed by atoms with Crippen LogP contribution in [0.1, 0.15) is 13.3 Å². The van der Waals surface area contributed by atoms with Crippen molar-refractivity contribution in [2.75, 3.05) is 18.7 Å². The van der Waals surface area contributed by atoms with Crippen LogP contribution in [0.5, 0.6) is 11.5 Å². The van der Waals surface area contributed by atoms with Gasteiger partial charge in [-0.25, -0.2) is 0 Å². The van der Waals surface area contributed by atoms with Crippen LogP contribution in [0.25, 0.3) is 0 Å². The van der Waals surface area contributed by atoms with Gasteiger partial charge in [0.2, 0.25) is 6.79 Å². The first-order valence-electron chi connectivity index (χ1n) is 5.73. The van der Waals surface area contributed by atoms with Crippen molar-refractivity contribution < 1.29 is 9.47 Å². The monoisotopic (exact) mass is 250 g/mol. The van der Waals surface area contributed by atoms with Crippen molar-refractivity contribution in [3.05, 3.63) is 18.2 Å². The molecule has 2 aliphatic rings. The van der Waals surface area contributed by atoms with Crippen molar-refractivity contribution in [3.8, 4) is 11.5 Å². The minimum Gasteiger partial charge on any atom is -0.454 e. The molecule has 1 atom stereocenters. The fourth-order valence-corrected chi connectivity index (χ4v) is 2.75. The second-order valence-corrected chi connectivity index (χ2v) is 5.28. The normalized spacial score (nSPS) is 21.5. The Kier molecular flexibility index (Phi) is 2.84. The van der Waals surface area contributed by atoms with Crippen LogP contribution < -0.4 is 14.8 Å². The summed E-state index contributed by atoms with van der Waals surface area (Å²) < 4.78 is 10.6. The molecule has 0 bridgehead atoms. The van der Waals surface area contributed by atoms with Gasteiger partial charge in [0.25, 0.3) is 0 Å². The molecule has 0 fully saturated rings. The lowest BCUT2D eigenvalue weighted by Crippen LogP contribution is -2.06. The molecule has 0 radical (unpaired) electrons. The van der Waals surface area contributed by atoms with E-state index in [1.165, 1.54) is 0 Å². The minimum atomic E-state index is 0.312. The highest BCUT2D eigenvalue weighted by Crippen LogP contribution is 2.35. The van der Waals surface area contributed by atoms with E-state index in [0.29, 0.717) is 12.0 Å². The fraction of sp³-hybridized carbons (Fsp3) is 0.417. The number of hydrogen-bond acceptors (Lipinski definition) is 5. The van der Waals surface area contributed by atoms with Gasteiger partial charge in [-0.3, -0.25) is 4.99 Å². The van der Waals surface area contributed by atoms with Gasteiger partial charge >= 0.3 is 0 Å². The Hall–Kier alpha value is -1.36. The Bertz CT molecular complexity index is 462. The predicted molar refractivity (Wildman–Crippen MR) is 70.2 cm³/mol. The molecule has 5 heteroatoms. The van der Waals surface area contributed by atoms with Crippen LogP contribution >= 0.6 is 11.8 Å². The summed E-state index contributed by atoms with van der Waals surface area (Å²) >= 11 is 1.81. The summed E-state index contributed by atoms with van der Waals surface area (Å²) in [6.45, 7) is 3.41. The molecule has 90 valence electrons. The first kappa shape index (κ1) is 10.8. The molecule has 17 heavy (non-hydrogen) atoms. The number of benzene rings is 1. The Morgan fingerprint density at radius 3 is 3.12 bits per heavy atom. The second kappa shape index (κ2) is 4.49. The first-order chi connectivity index (χ1) is 8.35. The van der Waals surface area contributed by atoms with Crippen LogP contribution in [-0.4, -0.2) is 23.8 Å². The molecule has 0 spiro atoms. The number of anilines is 1. The van der Waals surface area contributed by atoms with E-state index >= 15 is 0 Å². The quantitative estimate of drug-likeness (QED) is 0.876. The highest BCUT2D eigenvalue weighted by atomic mass is 32.2. The zero-order chi connectivity index (χ0) is 11.7. The van der Waals surface area contributed by atoms with Gasteiger partial charge in [0.05, 0.1) is 6.54 Å². The maximum atomic E-state index is 5.34. The van der Waals surface area contributed by atoms with E-state index < -0.39 is 0 Å². The largest absolute Gasteiger partial charge is 0.454 e. The van der Waals surface area contributed by atoms with Crippen molar-refractivity contribution in [2.45, 2.75) is 18.6 Å². The topological polar surface area (TPSA) is 42.9 Å². The molecule has 0 aliphatic carbocycles. The van der Waals surface area contributed by atoms with Gasteiger partial charge in [-0.1, -0.05) is 18.7 Å². The first-order valence-corrected chi connectivity index (χ1v) is 6.61. The van der Waals surface area contributed by atoms with Crippen LogP contribution in [0.3, 0.4) is 0 Å². The summed E-state index contributed by atoms with van der Waals surface area (Å²) in [5.74, 6) is 1.61. The number of nitrogens with one attached hydrogen (secondary N) is 1. The highest BCUT2D eigenvalue weighted by molar-refractivity contribution is 8.15. The van der Waals surface area contributed by atoms with E-state index in [1.807, 2.05) is 18.2 Å². The van der Waals surface area contributed by atoms with Crippen LogP contribution in [-0.2, 0) is 0 Å². The average Bonchev–Trinajstić information content (AvgIpc) is 2.96. The van der Waals surface area contributed by atoms with Crippen molar-refractivity contribution in [2.24, 2.45) is 4.99 Å². The Labute approximate surface area is 104 Å². The summed E-state index contributed by atoms with van der Waals surface area (Å²) in [7, 11) is 0. The Balaban J connectivity index is 1.70. The van der Waals surface area contributed by atoms with Crippen molar-refractivity contribution in [1.29, 1.82) is 0 Å². The third kappa shape index (κ3) is 2.20. The van der Waals surface area contributed by atoms with Crippen molar-refractivity contribution >= 4 is 22.6 Å². The van der Waals surface area contributed by atoms with E-state index in [4.69, 9.17) is 9.47 Å². The molecule has 1 aromatic carbocycles. The van der Waals surface area contributed by atoms with Gasteiger partial charge in [0, 0.05) is 17.0 Å². The lowest BCUT2D eigenvalue weighted by atomic mass is 10.3. The fourth-order valence-electron chi connectivity index (χ4n) is 1.80. The van der Waals surface area contributed by atoms with E-state index in [0.717, 1.165) is 35.3 Å². The summed E-state index contributed by atoms with van der Waals surface area (Å²) in [5.41, 5.74) is 0.997. The van der Waals surface area contributed by atoms with Crippen LogP contribution in [0.2, 0.25) is 0 Å². The predicted octanol–water partition coefficient (Wildman–Crippen LogP) is 2.71. The Morgan fingerprint density at radius 2 is 2.29 bits per heavy atom. The van der Waals surface area contributed by atoms with Crippen LogP contribution in [0.15, 0.2) is 23.2 Å². The number of nitrogens with zero attached hydrogens (tertiary/aromatic N) is 1. The van der Waals surface area contributed by atoms with Crippen molar-refractivity contribution in [1.82, 2.24) is 0 Å². The van der Waals surface area contributed by atoms with Crippen LogP contribution in [0.4, 0.5) is 5.69 Å². The number of thioether (sulfide) groups is 1. The van der Waals surface area contributed by atoms with E-state index in [2.05, 4.69) is 17.2 Å². The maximum absolute atomic E-state index is 5.34. The molecule has 0 saturated heterocycles. The third-order valence-corrected chi connectivity index (χ3v) is 4.07. The number of hydrogen-bond donors (Lipinski definition) is 1. The van der Waals surface area contributed by atoms with Crippen molar-refractivity contribution in [3.63, 3.8) is 0 Å². The second-order valence-electron chi connectivity index (χ2n) is 3.99. The standard InChI is InChI=1S/C12H14N2O2S/c1-2-9-6-13-12(17-9)14-8-3-4-10-11(5-8)16-7-15-10/h3-5,9H,2,6-7H2,1H3,(H,13,14). The lowest BCUT2D eigenvalue weighted by molar-refractivity contribution is 0.174. The number of amidine groups is 1. The molecule has 0 aromatic heterocycles. The van der Waals surface area contributed by atoms with Gasteiger partial charge in [-0.15, -0.1) is 0 Å². The summed E-state index contributed by atoms with van der Waals surface area (Å²) in [6, 6.07) is 5.85. The molecule has 2 aliphatic heterocycles. The van der Waals surface area contributed by atoms with E-state index in [1.54, 1.807) is 11.8 Å². The third-order valence-electron chi connectivity index (χ3n) is 2.80. The van der Waals surface area contributed by atoms with Gasteiger partial charge in [0.1, 0.15) is 0 Å². The lowest BCUT2D eigenvalue weighted by Gasteiger charge is -2.07. The summed E-state index contributed by atoms with van der Waals surface area (Å²) in [4.78, 5) is 4.47. The number of fused-ring (bicyclic) bond motifs is 1. The molecule has 1 unspecified atom stereocenters.